The first-order valence-corrected chi connectivity index (χ1v) is 8.35. The summed E-state index contributed by atoms with van der Waals surface area (Å²) in [5.41, 5.74) is 1.65. The van der Waals surface area contributed by atoms with Crippen LogP contribution in [0, 0.1) is 0 Å². The molecule has 24 heavy (non-hydrogen) atoms. The smallest absolute Gasteiger partial charge is 0.261 e. The van der Waals surface area contributed by atoms with E-state index in [1.165, 1.54) is 11.3 Å². The number of benzene rings is 2. The number of hydrogen-bond donors (Lipinski definition) is 1. The summed E-state index contributed by atoms with van der Waals surface area (Å²) >= 11 is 1.49. The average Bonchev–Trinajstić information content (AvgIpc) is 3.27. The van der Waals surface area contributed by atoms with Crippen LogP contribution < -0.4 is 5.32 Å². The average molecular weight is 334 g/mol. The van der Waals surface area contributed by atoms with Crippen LogP contribution in [0.1, 0.15) is 15.4 Å². The number of amides is 1. The van der Waals surface area contributed by atoms with Crippen LogP contribution in [0.3, 0.4) is 0 Å². The second kappa shape index (κ2) is 6.25. The van der Waals surface area contributed by atoms with Crippen molar-refractivity contribution in [3.63, 3.8) is 0 Å². The molecule has 0 aliphatic heterocycles. The molecule has 0 bridgehead atoms. The van der Waals surface area contributed by atoms with Crippen molar-refractivity contribution >= 4 is 27.3 Å². The number of rotatable bonds is 4. The Balaban J connectivity index is 1.45. The van der Waals surface area contributed by atoms with Gasteiger partial charge < -0.3 is 5.32 Å². The van der Waals surface area contributed by atoms with Gasteiger partial charge in [0.05, 0.1) is 23.3 Å². The van der Waals surface area contributed by atoms with Crippen molar-refractivity contribution in [3.05, 3.63) is 77.4 Å². The third-order valence-electron chi connectivity index (χ3n) is 3.64. The Bertz CT molecular complexity index is 957. The van der Waals surface area contributed by atoms with Crippen LogP contribution in [0.5, 0.6) is 0 Å². The molecule has 0 aliphatic carbocycles. The fourth-order valence-corrected chi connectivity index (χ4v) is 3.42. The van der Waals surface area contributed by atoms with Gasteiger partial charge >= 0.3 is 0 Å². The van der Waals surface area contributed by atoms with Gasteiger partial charge in [-0.1, -0.05) is 41.6 Å². The molecular weight excluding hydrogens is 320 g/mol. The fourth-order valence-electron chi connectivity index (χ4n) is 2.44. The Hall–Kier alpha value is -2.99. The summed E-state index contributed by atoms with van der Waals surface area (Å²) in [5, 5.41) is 12.2. The van der Waals surface area contributed by atoms with E-state index in [0.29, 0.717) is 17.1 Å². The van der Waals surface area contributed by atoms with Gasteiger partial charge in [-0.05, 0) is 29.7 Å². The number of thiophene rings is 1. The van der Waals surface area contributed by atoms with Crippen molar-refractivity contribution in [1.29, 1.82) is 0 Å². The maximum Gasteiger partial charge on any atom is 0.261 e. The van der Waals surface area contributed by atoms with Gasteiger partial charge in [-0.15, -0.1) is 16.4 Å². The Kier molecular flexibility index (Phi) is 3.80. The lowest BCUT2D eigenvalue weighted by Crippen LogP contribution is -2.21. The highest BCUT2D eigenvalue weighted by Crippen LogP contribution is 2.25. The SMILES string of the molecule is O=C(NCc1cn(-c2ccccc2)nn1)c1cc2ccccc2s1. The first kappa shape index (κ1) is 14.6. The molecule has 2 aromatic carbocycles. The molecule has 5 nitrogen and oxygen atoms in total. The van der Waals surface area contributed by atoms with E-state index in [1.54, 1.807) is 4.68 Å². The van der Waals surface area contributed by atoms with E-state index in [4.69, 9.17) is 0 Å². The van der Waals surface area contributed by atoms with Crippen molar-refractivity contribution in [2.24, 2.45) is 0 Å². The van der Waals surface area contributed by atoms with Crippen molar-refractivity contribution in [2.45, 2.75) is 6.54 Å². The van der Waals surface area contributed by atoms with Crippen LogP contribution >= 0.6 is 11.3 Å². The van der Waals surface area contributed by atoms with Gasteiger partial charge in [-0.2, -0.15) is 0 Å². The molecule has 1 amide bonds. The molecule has 0 saturated carbocycles. The summed E-state index contributed by atoms with van der Waals surface area (Å²) in [4.78, 5) is 13.0. The van der Waals surface area contributed by atoms with E-state index in [-0.39, 0.29) is 5.91 Å². The second-order valence-electron chi connectivity index (χ2n) is 5.32. The van der Waals surface area contributed by atoms with Crippen LogP contribution in [-0.4, -0.2) is 20.9 Å². The topological polar surface area (TPSA) is 59.8 Å². The molecule has 1 N–H and O–H groups in total. The van der Waals surface area contributed by atoms with Crippen LogP contribution in [0.25, 0.3) is 15.8 Å². The molecule has 118 valence electrons. The molecule has 4 aromatic rings. The van der Waals surface area contributed by atoms with Crippen molar-refractivity contribution in [3.8, 4) is 5.69 Å². The van der Waals surface area contributed by atoms with Gasteiger partial charge in [0.15, 0.2) is 0 Å². The fraction of sp³-hybridized carbons (Fsp3) is 0.0556. The van der Waals surface area contributed by atoms with Gasteiger partial charge in [0.25, 0.3) is 5.91 Å². The third kappa shape index (κ3) is 2.91. The molecule has 0 radical (unpaired) electrons. The highest BCUT2D eigenvalue weighted by atomic mass is 32.1. The summed E-state index contributed by atoms with van der Waals surface area (Å²) in [6, 6.07) is 19.6. The lowest BCUT2D eigenvalue weighted by atomic mass is 10.2. The third-order valence-corrected chi connectivity index (χ3v) is 4.76. The van der Waals surface area contributed by atoms with Gasteiger partial charge in [-0.3, -0.25) is 4.79 Å². The molecule has 0 unspecified atom stereocenters. The van der Waals surface area contributed by atoms with E-state index in [0.717, 1.165) is 15.8 Å². The zero-order valence-electron chi connectivity index (χ0n) is 12.7. The van der Waals surface area contributed by atoms with Crippen LogP contribution in [0.4, 0.5) is 0 Å². The first-order chi connectivity index (χ1) is 11.8. The Morgan fingerprint density at radius 3 is 2.71 bits per heavy atom. The molecule has 4 rings (SSSR count). The summed E-state index contributed by atoms with van der Waals surface area (Å²) in [5.74, 6) is -0.0922. The highest BCUT2D eigenvalue weighted by Gasteiger charge is 2.11. The normalized spacial score (nSPS) is 10.8. The molecule has 0 spiro atoms. The lowest BCUT2D eigenvalue weighted by molar-refractivity contribution is 0.0954. The molecule has 2 aromatic heterocycles. The maximum absolute atomic E-state index is 12.3. The van der Waals surface area contributed by atoms with Crippen LogP contribution in [0.15, 0.2) is 66.9 Å². The van der Waals surface area contributed by atoms with Crippen molar-refractivity contribution < 1.29 is 4.79 Å². The molecule has 0 atom stereocenters. The largest absolute Gasteiger partial charge is 0.346 e. The number of nitrogens with one attached hydrogen (secondary N) is 1. The first-order valence-electron chi connectivity index (χ1n) is 7.53. The molecular formula is C18H14N4OS. The van der Waals surface area contributed by atoms with E-state index in [1.807, 2.05) is 66.9 Å². The Labute approximate surface area is 142 Å². The molecule has 0 aliphatic rings. The van der Waals surface area contributed by atoms with Crippen LogP contribution in [-0.2, 0) is 6.54 Å². The van der Waals surface area contributed by atoms with E-state index < -0.39 is 0 Å². The minimum atomic E-state index is -0.0922. The summed E-state index contributed by atoms with van der Waals surface area (Å²) < 4.78 is 2.80. The van der Waals surface area contributed by atoms with Gasteiger partial charge in [-0.25, -0.2) is 4.68 Å². The minimum Gasteiger partial charge on any atom is -0.346 e. The maximum atomic E-state index is 12.3. The van der Waals surface area contributed by atoms with Crippen molar-refractivity contribution in [2.75, 3.05) is 0 Å². The Morgan fingerprint density at radius 2 is 1.88 bits per heavy atom. The van der Waals surface area contributed by atoms with Gasteiger partial charge in [0.1, 0.15) is 5.69 Å². The number of carbonyl (C=O) groups is 1. The lowest BCUT2D eigenvalue weighted by Gasteiger charge is -2.00. The second-order valence-corrected chi connectivity index (χ2v) is 6.40. The quantitative estimate of drug-likeness (QED) is 0.622. The van der Waals surface area contributed by atoms with Gasteiger partial charge in [0.2, 0.25) is 0 Å². The van der Waals surface area contributed by atoms with Crippen LogP contribution in [0.2, 0.25) is 0 Å². The van der Waals surface area contributed by atoms with Crippen molar-refractivity contribution in [1.82, 2.24) is 20.3 Å². The number of para-hydroxylation sites is 1. The number of fused-ring (bicyclic) bond motifs is 1. The van der Waals surface area contributed by atoms with E-state index >= 15 is 0 Å². The highest BCUT2D eigenvalue weighted by molar-refractivity contribution is 7.20. The monoisotopic (exact) mass is 334 g/mol. The molecule has 2 heterocycles. The molecule has 0 saturated heterocycles. The zero-order valence-corrected chi connectivity index (χ0v) is 13.5. The molecule has 0 fully saturated rings. The summed E-state index contributed by atoms with van der Waals surface area (Å²) in [6.07, 6.45) is 1.82. The standard InChI is InChI=1S/C18H14N4OS/c23-18(17-10-13-6-4-5-9-16(13)24-17)19-11-14-12-22(21-20-14)15-7-2-1-3-8-15/h1-10,12H,11H2,(H,19,23). The zero-order chi connectivity index (χ0) is 16.4. The number of aromatic nitrogens is 3. The summed E-state index contributed by atoms with van der Waals surface area (Å²) in [7, 11) is 0. The minimum absolute atomic E-state index is 0.0922. The summed E-state index contributed by atoms with van der Waals surface area (Å²) in [6.45, 7) is 0.347. The molecule has 6 heteroatoms. The predicted molar refractivity (Wildman–Crippen MR) is 94.4 cm³/mol. The van der Waals surface area contributed by atoms with E-state index in [2.05, 4.69) is 15.6 Å². The van der Waals surface area contributed by atoms with E-state index in [9.17, 15) is 4.79 Å². The number of carbonyl (C=O) groups excluding carboxylic acids is 1. The van der Waals surface area contributed by atoms with Gasteiger partial charge in [0, 0.05) is 4.70 Å². The number of nitrogens with zero attached hydrogens (tertiary/aromatic N) is 3. The Morgan fingerprint density at radius 1 is 1.08 bits per heavy atom. The number of hydrogen-bond acceptors (Lipinski definition) is 4. The predicted octanol–water partition coefficient (Wildman–Crippen LogP) is 3.41.